The van der Waals surface area contributed by atoms with E-state index in [9.17, 15) is 19.5 Å². The lowest BCUT2D eigenvalue weighted by Crippen LogP contribution is -2.55. The monoisotopic (exact) mass is 712 g/mol. The third-order valence-electron chi connectivity index (χ3n) is 7.99. The maximum absolute atomic E-state index is 12.6. The Morgan fingerprint density at radius 3 is 1.63 bits per heavy atom. The number of carboxylic acid groups (broad SMARTS) is 1. The standard InChI is InChI=1S/C43H69NO7/c1-6-8-10-12-14-16-17-18-19-20-21-22-23-24-25-26-28-30-32-34-42(46)51-39(37-49-36-35-40(43(47)48)44(3,4)5)38-50-41(45)33-31-29-27-15-13-11-9-7-2/h8,10,12,14,16-25,39-40H,6-7,9,11,13,15,26-38H2,1-5H3/b10-8+,14-12+,17-16+,19-18+,21-20+,23-22+,25-24+. The predicted molar refractivity (Wildman–Crippen MR) is 208 cm³/mol. The average Bonchev–Trinajstić information content (AvgIpc) is 3.08. The van der Waals surface area contributed by atoms with Crippen molar-refractivity contribution in [3.63, 3.8) is 0 Å². The molecule has 0 rings (SSSR count). The summed E-state index contributed by atoms with van der Waals surface area (Å²) >= 11 is 0. The normalized spacial score (nSPS) is 14.0. The highest BCUT2D eigenvalue weighted by atomic mass is 16.6. The van der Waals surface area contributed by atoms with Crippen molar-refractivity contribution in [3.8, 4) is 0 Å². The van der Waals surface area contributed by atoms with Crippen LogP contribution < -0.4 is 5.11 Å². The topological polar surface area (TPSA) is 102 Å². The summed E-state index contributed by atoms with van der Waals surface area (Å²) in [4.78, 5) is 36.6. The van der Waals surface area contributed by atoms with Crippen LogP contribution in [0.5, 0.6) is 0 Å². The first-order chi connectivity index (χ1) is 24.6. The van der Waals surface area contributed by atoms with E-state index in [1.54, 1.807) is 21.1 Å². The number of aliphatic carboxylic acids is 1. The van der Waals surface area contributed by atoms with Crippen LogP contribution in [0.1, 0.15) is 117 Å². The maximum Gasteiger partial charge on any atom is 0.306 e. The van der Waals surface area contributed by atoms with Gasteiger partial charge in [0.15, 0.2) is 6.10 Å². The summed E-state index contributed by atoms with van der Waals surface area (Å²) in [6, 6.07) is -0.737. The van der Waals surface area contributed by atoms with Gasteiger partial charge in [0.05, 0.1) is 40.3 Å². The molecule has 0 bridgehead atoms. The fourth-order valence-electron chi connectivity index (χ4n) is 4.99. The molecule has 8 heteroatoms. The van der Waals surface area contributed by atoms with Gasteiger partial charge in [-0.1, -0.05) is 150 Å². The van der Waals surface area contributed by atoms with Crippen LogP contribution >= 0.6 is 0 Å². The van der Waals surface area contributed by atoms with Crippen molar-refractivity contribution in [2.24, 2.45) is 0 Å². The third-order valence-corrected chi connectivity index (χ3v) is 7.99. The number of allylic oxidation sites excluding steroid dienone is 14. The number of unbranched alkanes of at least 4 members (excludes halogenated alkanes) is 10. The molecule has 0 aromatic rings. The number of hydrogen-bond donors (Lipinski definition) is 0. The zero-order chi connectivity index (χ0) is 37.8. The van der Waals surface area contributed by atoms with E-state index >= 15 is 0 Å². The molecule has 0 saturated carbocycles. The van der Waals surface area contributed by atoms with E-state index in [0.29, 0.717) is 12.8 Å². The number of quaternary nitrogens is 1. The van der Waals surface area contributed by atoms with Gasteiger partial charge < -0.3 is 28.6 Å². The zero-order valence-corrected chi connectivity index (χ0v) is 32.5. The van der Waals surface area contributed by atoms with Gasteiger partial charge in [-0.15, -0.1) is 0 Å². The Labute approximate surface area is 310 Å². The van der Waals surface area contributed by atoms with Crippen molar-refractivity contribution in [2.75, 3.05) is 41.0 Å². The van der Waals surface area contributed by atoms with E-state index < -0.39 is 18.1 Å². The largest absolute Gasteiger partial charge is 0.544 e. The van der Waals surface area contributed by atoms with Gasteiger partial charge >= 0.3 is 11.9 Å². The second-order valence-electron chi connectivity index (χ2n) is 13.6. The molecule has 0 saturated heterocycles. The number of rotatable bonds is 32. The molecule has 0 N–H and O–H groups in total. The molecule has 0 aromatic heterocycles. The molecule has 51 heavy (non-hydrogen) atoms. The smallest absolute Gasteiger partial charge is 0.306 e. The first-order valence-corrected chi connectivity index (χ1v) is 19.2. The summed E-state index contributed by atoms with van der Waals surface area (Å²) in [5, 5.41) is 11.6. The van der Waals surface area contributed by atoms with Crippen LogP contribution in [0.25, 0.3) is 0 Å². The molecule has 0 spiro atoms. The molecule has 288 valence electrons. The lowest BCUT2D eigenvalue weighted by atomic mass is 10.1. The predicted octanol–water partition coefficient (Wildman–Crippen LogP) is 8.46. The van der Waals surface area contributed by atoms with Crippen LogP contribution in [0.2, 0.25) is 0 Å². The number of likely N-dealkylation sites (N-methyl/N-ethyl adjacent to an activating group) is 1. The van der Waals surface area contributed by atoms with Gasteiger partial charge in [-0.05, 0) is 32.1 Å². The fraction of sp³-hybridized carbons (Fsp3) is 0.605. The number of carboxylic acids is 1. The molecule has 0 aliphatic heterocycles. The number of carbonyl (C=O) groups is 3. The van der Waals surface area contributed by atoms with Crippen molar-refractivity contribution >= 4 is 17.9 Å². The maximum atomic E-state index is 12.6. The van der Waals surface area contributed by atoms with E-state index in [2.05, 4.69) is 26.0 Å². The summed E-state index contributed by atoms with van der Waals surface area (Å²) in [5.74, 6) is -1.82. The molecule has 0 aliphatic carbocycles. The highest BCUT2D eigenvalue weighted by Gasteiger charge is 2.25. The van der Waals surface area contributed by atoms with Crippen LogP contribution in [0.4, 0.5) is 0 Å². The number of hydrogen-bond acceptors (Lipinski definition) is 7. The van der Waals surface area contributed by atoms with Crippen molar-refractivity contribution in [1.82, 2.24) is 0 Å². The van der Waals surface area contributed by atoms with Crippen LogP contribution in [0, 0.1) is 0 Å². The lowest BCUT2D eigenvalue weighted by Gasteiger charge is -2.34. The van der Waals surface area contributed by atoms with Crippen molar-refractivity contribution in [1.29, 1.82) is 0 Å². The minimum atomic E-state index is -1.14. The van der Waals surface area contributed by atoms with Gasteiger partial charge in [-0.2, -0.15) is 0 Å². The number of esters is 2. The SMILES string of the molecule is CC/C=C/C=C/C=C/C=C/C=C/C=C/C=C/CCCCCC(=O)OC(COCCC(C(=O)[O-])[N+](C)(C)C)COC(=O)CCCCCCCCCC. The number of nitrogens with zero attached hydrogens (tertiary/aromatic N) is 1. The second-order valence-corrected chi connectivity index (χ2v) is 13.6. The number of ether oxygens (including phenoxy) is 3. The Bertz CT molecular complexity index is 1110. The van der Waals surface area contributed by atoms with Crippen LogP contribution in [-0.4, -0.2) is 75.5 Å². The Hall–Kier alpha value is -3.49. The number of carbonyl (C=O) groups excluding carboxylic acids is 3. The molecule has 0 amide bonds. The second kappa shape index (κ2) is 33.6. The first kappa shape index (κ1) is 47.5. The van der Waals surface area contributed by atoms with Crippen LogP contribution in [0.15, 0.2) is 85.1 Å². The molecule has 8 nitrogen and oxygen atoms in total. The van der Waals surface area contributed by atoms with Gasteiger partial charge in [0, 0.05) is 19.3 Å². The Kier molecular flexibility index (Phi) is 31.3. The van der Waals surface area contributed by atoms with Gasteiger partial charge in [0.2, 0.25) is 0 Å². The highest BCUT2D eigenvalue weighted by molar-refractivity contribution is 5.70. The molecule has 0 fully saturated rings. The van der Waals surface area contributed by atoms with E-state index in [1.807, 2.05) is 72.9 Å². The lowest BCUT2D eigenvalue weighted by molar-refractivity contribution is -0.889. The summed E-state index contributed by atoms with van der Waals surface area (Å²) in [5.41, 5.74) is 0. The highest BCUT2D eigenvalue weighted by Crippen LogP contribution is 2.12. The summed E-state index contributed by atoms with van der Waals surface area (Å²) in [6.45, 7) is 4.40. The zero-order valence-electron chi connectivity index (χ0n) is 32.5. The minimum Gasteiger partial charge on any atom is -0.544 e. The quantitative estimate of drug-likeness (QED) is 0.0299. The molecule has 0 aromatic carbocycles. The van der Waals surface area contributed by atoms with Gasteiger partial charge in [-0.3, -0.25) is 9.59 Å². The molecule has 2 unspecified atom stereocenters. The molecule has 0 radical (unpaired) electrons. The van der Waals surface area contributed by atoms with Gasteiger partial charge in [0.1, 0.15) is 12.6 Å². The van der Waals surface area contributed by atoms with E-state index in [-0.39, 0.29) is 49.1 Å². The Morgan fingerprint density at radius 1 is 0.608 bits per heavy atom. The summed E-state index contributed by atoms with van der Waals surface area (Å²) in [6.07, 6.45) is 41.8. The third kappa shape index (κ3) is 32.2. The van der Waals surface area contributed by atoms with Gasteiger partial charge in [0.25, 0.3) is 0 Å². The summed E-state index contributed by atoms with van der Waals surface area (Å²) < 4.78 is 17.0. The van der Waals surface area contributed by atoms with Gasteiger partial charge in [-0.25, -0.2) is 0 Å². The molecule has 0 aliphatic rings. The molecule has 2 atom stereocenters. The summed E-state index contributed by atoms with van der Waals surface area (Å²) in [7, 11) is 5.36. The first-order valence-electron chi connectivity index (χ1n) is 19.2. The van der Waals surface area contributed by atoms with E-state index in [0.717, 1.165) is 44.9 Å². The Morgan fingerprint density at radius 2 is 1.10 bits per heavy atom. The van der Waals surface area contributed by atoms with E-state index in [4.69, 9.17) is 14.2 Å². The minimum absolute atomic E-state index is 0.0172. The molecular formula is C43H69NO7. The fourth-order valence-corrected chi connectivity index (χ4v) is 4.99. The Balaban J connectivity index is 4.53. The van der Waals surface area contributed by atoms with E-state index in [1.165, 1.54) is 32.1 Å². The van der Waals surface area contributed by atoms with Crippen molar-refractivity contribution in [3.05, 3.63) is 85.1 Å². The molecular weight excluding hydrogens is 642 g/mol. The van der Waals surface area contributed by atoms with Crippen LogP contribution in [-0.2, 0) is 28.6 Å². The van der Waals surface area contributed by atoms with Crippen LogP contribution in [0.3, 0.4) is 0 Å². The van der Waals surface area contributed by atoms with Crippen molar-refractivity contribution < 1.29 is 38.2 Å². The van der Waals surface area contributed by atoms with Crippen molar-refractivity contribution in [2.45, 2.75) is 129 Å². The molecule has 0 heterocycles. The average molecular weight is 712 g/mol.